The molecule has 0 radical (unpaired) electrons. The van der Waals surface area contributed by atoms with E-state index in [2.05, 4.69) is 62.6 Å². The monoisotopic (exact) mass is 721 g/mol. The number of rotatable bonds is 4. The number of hydrogen-bond acceptors (Lipinski definition) is 11. The maximum Gasteiger partial charge on any atom is 6.00 e. The molecule has 1 fully saturated rings. The van der Waals surface area contributed by atoms with E-state index in [1.807, 2.05) is 73.3 Å². The summed E-state index contributed by atoms with van der Waals surface area (Å²) in [5.74, 6) is 0.282. The van der Waals surface area contributed by atoms with Crippen LogP contribution in [0, 0.1) is 27.7 Å². The van der Waals surface area contributed by atoms with Gasteiger partial charge >= 0.3 is 19.5 Å². The Kier molecular flexibility index (Phi) is 12.3. The molecule has 0 saturated carbocycles. The fraction of sp³-hybridized carbons (Fsp3) is 0.265. The predicted octanol–water partition coefficient (Wildman–Crippen LogP) is 4.57. The first-order chi connectivity index (χ1) is 22.2. The fourth-order valence-electron chi connectivity index (χ4n) is 4.86. The third-order valence-electron chi connectivity index (χ3n) is 7.22. The molecule has 0 amide bonds. The van der Waals surface area contributed by atoms with Crippen LogP contribution < -0.4 is 5.73 Å². The van der Waals surface area contributed by atoms with Gasteiger partial charge in [0.25, 0.3) is 0 Å². The predicted molar refractivity (Wildman–Crippen MR) is 175 cm³/mol. The van der Waals surface area contributed by atoms with Crippen molar-refractivity contribution >= 4 is 17.0 Å². The molecule has 6 aromatic rings. The molecule has 0 aliphatic carbocycles. The van der Waals surface area contributed by atoms with E-state index in [4.69, 9.17) is 15.6 Å². The summed E-state index contributed by atoms with van der Waals surface area (Å²) < 4.78 is 7.14. The van der Waals surface area contributed by atoms with Crippen LogP contribution in [0.4, 0.5) is 5.82 Å². The molecule has 1 saturated heterocycles. The van der Waals surface area contributed by atoms with Gasteiger partial charge in [0, 0.05) is 31.2 Å². The molecule has 6 aromatic heterocycles. The second-order valence-electron chi connectivity index (χ2n) is 11.1. The number of ether oxygens (including phenoxy) is 1. The molecule has 238 valence electrons. The van der Waals surface area contributed by atoms with Crippen LogP contribution in [-0.2, 0) is 24.2 Å². The standard InChI is InChI=1S/2C12H12N2.C10H13N5O3.Ru/c2*1-9-3-5-13-11(7-9)12-8-10(2)4-6-14-12;11-8-7-9(13-3-12-8)15(4-14-7)10-6(17)1-5(2-16)18-10;/h2*3-8H,1-2H3;3-6,10,16-17H,1-2H2,(H2,11,12,13);/q;;;+6/t;;5-,6-,10+;/m..0./s1. The number of nitrogen functional groups attached to an aromatic ring is 1. The Balaban J connectivity index is 0.000000160. The fourth-order valence-corrected chi connectivity index (χ4v) is 4.86. The number of imidazole rings is 1. The first-order valence-corrected chi connectivity index (χ1v) is 14.8. The Morgan fingerprint density at radius 1 is 0.723 bits per heavy atom. The number of pyridine rings is 4. The van der Waals surface area contributed by atoms with Crippen molar-refractivity contribution in [1.29, 1.82) is 0 Å². The normalized spacial score (nSPS) is 16.8. The zero-order valence-electron chi connectivity index (χ0n) is 26.5. The summed E-state index contributed by atoms with van der Waals surface area (Å²) in [7, 11) is 0. The Hall–Kier alpha value is -4.55. The van der Waals surface area contributed by atoms with Gasteiger partial charge in [0.15, 0.2) is 17.7 Å². The second-order valence-corrected chi connectivity index (χ2v) is 11.1. The van der Waals surface area contributed by atoms with Crippen LogP contribution in [0.1, 0.15) is 34.9 Å². The molecule has 13 heteroatoms. The Labute approximate surface area is 286 Å². The van der Waals surface area contributed by atoms with Gasteiger partial charge in [0.05, 0.1) is 41.8 Å². The van der Waals surface area contributed by atoms with E-state index >= 15 is 0 Å². The molecule has 0 aromatic carbocycles. The molecule has 1 aliphatic heterocycles. The summed E-state index contributed by atoms with van der Waals surface area (Å²) >= 11 is 0. The summed E-state index contributed by atoms with van der Waals surface area (Å²) in [6, 6.07) is 16.1. The number of aromatic nitrogens is 8. The van der Waals surface area contributed by atoms with Gasteiger partial charge in [-0.1, -0.05) is 0 Å². The van der Waals surface area contributed by atoms with Crippen molar-refractivity contribution in [2.75, 3.05) is 12.3 Å². The van der Waals surface area contributed by atoms with E-state index in [-0.39, 0.29) is 38.0 Å². The van der Waals surface area contributed by atoms with Crippen LogP contribution in [0.5, 0.6) is 0 Å². The Morgan fingerprint density at radius 2 is 1.17 bits per heavy atom. The van der Waals surface area contributed by atoms with E-state index in [0.717, 1.165) is 22.8 Å². The minimum Gasteiger partial charge on any atom is -0.394 e. The smallest absolute Gasteiger partial charge is 0.394 e. The summed E-state index contributed by atoms with van der Waals surface area (Å²) in [6.07, 6.45) is 8.77. The first-order valence-electron chi connectivity index (χ1n) is 14.8. The maximum absolute atomic E-state index is 9.93. The van der Waals surface area contributed by atoms with Crippen LogP contribution >= 0.6 is 0 Å². The second kappa shape index (κ2) is 16.3. The Bertz CT molecular complexity index is 1750. The van der Waals surface area contributed by atoms with Crippen molar-refractivity contribution in [3.8, 4) is 22.8 Å². The van der Waals surface area contributed by atoms with E-state index in [1.165, 1.54) is 34.9 Å². The van der Waals surface area contributed by atoms with Gasteiger partial charge in [-0.05, 0) is 98.5 Å². The average molecular weight is 721 g/mol. The molecule has 12 nitrogen and oxygen atoms in total. The van der Waals surface area contributed by atoms with Gasteiger partial charge in [-0.3, -0.25) is 24.5 Å². The quantitative estimate of drug-likeness (QED) is 0.218. The van der Waals surface area contributed by atoms with Gasteiger partial charge in [-0.2, -0.15) is 0 Å². The van der Waals surface area contributed by atoms with Crippen molar-refractivity contribution < 1.29 is 34.4 Å². The Morgan fingerprint density at radius 3 is 1.55 bits per heavy atom. The van der Waals surface area contributed by atoms with E-state index < -0.39 is 12.3 Å². The molecule has 0 unspecified atom stereocenters. The molecule has 4 N–H and O–H groups in total. The number of nitrogens with two attached hydrogens (primary N) is 1. The number of aryl methyl sites for hydroxylation is 4. The van der Waals surface area contributed by atoms with Crippen molar-refractivity contribution in [3.05, 3.63) is 108 Å². The van der Waals surface area contributed by atoms with E-state index in [1.54, 1.807) is 4.57 Å². The van der Waals surface area contributed by atoms with Gasteiger partial charge in [0.2, 0.25) is 0 Å². The zero-order chi connectivity index (χ0) is 32.6. The molecule has 3 atom stereocenters. The van der Waals surface area contributed by atoms with Crippen LogP contribution in [0.3, 0.4) is 0 Å². The SMILES string of the molecule is Cc1ccnc(-c2cc(C)ccn2)c1.Cc1ccnc(-c2cc(C)ccn2)c1.Nc1ncnc2c1ncn2[C@@H]1O[C@H](CO)C[C@@H]1O.[Ru+6]. The molecular formula is C34H37N9O3Ru+6. The van der Waals surface area contributed by atoms with Crippen molar-refractivity contribution in [2.24, 2.45) is 0 Å². The average Bonchev–Trinajstić information content (AvgIpc) is 3.65. The maximum atomic E-state index is 9.93. The van der Waals surface area contributed by atoms with Crippen molar-refractivity contribution in [3.63, 3.8) is 0 Å². The van der Waals surface area contributed by atoms with Crippen LogP contribution in [-0.4, -0.2) is 68.5 Å². The van der Waals surface area contributed by atoms with Crippen LogP contribution in [0.25, 0.3) is 33.9 Å². The summed E-state index contributed by atoms with van der Waals surface area (Å²) in [4.78, 5) is 29.2. The van der Waals surface area contributed by atoms with Crippen LogP contribution in [0.15, 0.2) is 86.0 Å². The number of fused-ring (bicyclic) bond motifs is 1. The summed E-state index contributed by atoms with van der Waals surface area (Å²) in [5, 5.41) is 19.0. The molecule has 7 rings (SSSR count). The topological polar surface area (TPSA) is 171 Å². The number of aliphatic hydroxyl groups is 2. The van der Waals surface area contributed by atoms with E-state index in [9.17, 15) is 5.11 Å². The largest absolute Gasteiger partial charge is 6.00 e. The number of anilines is 1. The summed E-state index contributed by atoms with van der Waals surface area (Å²) in [6.45, 7) is 8.10. The third-order valence-corrected chi connectivity index (χ3v) is 7.22. The third kappa shape index (κ3) is 9.05. The molecule has 47 heavy (non-hydrogen) atoms. The number of aliphatic hydroxyl groups excluding tert-OH is 2. The first kappa shape index (κ1) is 35.3. The van der Waals surface area contributed by atoms with Gasteiger partial charge < -0.3 is 20.7 Å². The van der Waals surface area contributed by atoms with E-state index in [0.29, 0.717) is 17.6 Å². The molecule has 7 heterocycles. The van der Waals surface area contributed by atoms with Gasteiger partial charge in [-0.15, -0.1) is 0 Å². The molecule has 1 aliphatic rings. The number of nitrogens with zero attached hydrogens (tertiary/aromatic N) is 8. The molecular weight excluding hydrogens is 684 g/mol. The van der Waals surface area contributed by atoms with Crippen LogP contribution in [0.2, 0.25) is 0 Å². The van der Waals surface area contributed by atoms with Crippen molar-refractivity contribution in [1.82, 2.24) is 39.5 Å². The molecule has 0 spiro atoms. The summed E-state index contributed by atoms with van der Waals surface area (Å²) in [5.41, 5.74) is 15.2. The number of hydrogen-bond donors (Lipinski definition) is 3. The zero-order valence-corrected chi connectivity index (χ0v) is 28.3. The van der Waals surface area contributed by atoms with Gasteiger partial charge in [0.1, 0.15) is 17.9 Å². The van der Waals surface area contributed by atoms with Gasteiger partial charge in [-0.25, -0.2) is 15.0 Å². The minimum absolute atomic E-state index is 0. The molecule has 0 bridgehead atoms. The minimum atomic E-state index is -0.712. The van der Waals surface area contributed by atoms with Crippen molar-refractivity contribution in [2.45, 2.75) is 52.6 Å².